The lowest BCUT2D eigenvalue weighted by Gasteiger charge is -2.24. The van der Waals surface area contributed by atoms with E-state index in [1.807, 2.05) is 0 Å². The van der Waals surface area contributed by atoms with E-state index in [1.54, 1.807) is 7.11 Å². The van der Waals surface area contributed by atoms with E-state index in [2.05, 4.69) is 33.1 Å². The van der Waals surface area contributed by atoms with Crippen molar-refractivity contribution in [3.8, 4) is 0 Å². The summed E-state index contributed by atoms with van der Waals surface area (Å²) in [5, 5.41) is 3.43. The lowest BCUT2D eigenvalue weighted by molar-refractivity contribution is 0.0975. The number of hydrogen-bond donors (Lipinski definition) is 1. The Balaban J connectivity index is 3.95. The van der Waals surface area contributed by atoms with Crippen LogP contribution in [0.3, 0.4) is 0 Å². The number of nitrogens with one attached hydrogen (secondary N) is 1. The summed E-state index contributed by atoms with van der Waals surface area (Å²) in [6.07, 6.45) is 8.15. The number of unbranched alkanes of at least 4 members (excludes halogenated alkanes) is 1. The van der Waals surface area contributed by atoms with Gasteiger partial charge in [0, 0.05) is 13.2 Å². The van der Waals surface area contributed by atoms with Crippen LogP contribution in [0.2, 0.25) is 0 Å². The Hall–Kier alpha value is -0.0800. The number of rotatable bonds is 10. The van der Waals surface area contributed by atoms with Crippen LogP contribution in [-0.4, -0.2) is 26.3 Å². The molecular weight excluding hydrogens is 198 g/mol. The molecule has 2 nitrogen and oxygen atoms in total. The molecule has 0 aliphatic rings. The van der Waals surface area contributed by atoms with Crippen molar-refractivity contribution < 1.29 is 4.74 Å². The van der Waals surface area contributed by atoms with Crippen LogP contribution >= 0.6 is 0 Å². The van der Waals surface area contributed by atoms with Gasteiger partial charge in [0.05, 0.1) is 6.10 Å². The Morgan fingerprint density at radius 2 is 1.88 bits per heavy atom. The van der Waals surface area contributed by atoms with Crippen molar-refractivity contribution in [2.24, 2.45) is 5.92 Å². The standard InChI is InChI=1S/C14H31NO/c1-6-8-9-13(7-2)11-14(15-4)10-12(3)16-5/h12-15H,6-11H2,1-5H3. The summed E-state index contributed by atoms with van der Waals surface area (Å²) in [6.45, 7) is 6.74. The third-order valence-corrected chi connectivity index (χ3v) is 3.59. The molecule has 0 aliphatic heterocycles. The maximum atomic E-state index is 5.34. The zero-order chi connectivity index (χ0) is 12.4. The fourth-order valence-electron chi connectivity index (χ4n) is 2.21. The monoisotopic (exact) mass is 229 g/mol. The summed E-state index contributed by atoms with van der Waals surface area (Å²) in [4.78, 5) is 0. The molecule has 0 aromatic carbocycles. The van der Waals surface area contributed by atoms with Crippen LogP contribution < -0.4 is 5.32 Å². The van der Waals surface area contributed by atoms with Gasteiger partial charge in [-0.25, -0.2) is 0 Å². The van der Waals surface area contributed by atoms with Gasteiger partial charge < -0.3 is 10.1 Å². The molecule has 16 heavy (non-hydrogen) atoms. The van der Waals surface area contributed by atoms with E-state index in [9.17, 15) is 0 Å². The van der Waals surface area contributed by atoms with Crippen LogP contribution in [0.15, 0.2) is 0 Å². The molecule has 3 unspecified atom stereocenters. The van der Waals surface area contributed by atoms with E-state index < -0.39 is 0 Å². The molecule has 0 spiro atoms. The topological polar surface area (TPSA) is 21.3 Å². The molecule has 0 aromatic heterocycles. The molecule has 0 aromatic rings. The summed E-state index contributed by atoms with van der Waals surface area (Å²) in [5.74, 6) is 0.876. The number of methoxy groups -OCH3 is 1. The minimum atomic E-state index is 0.362. The van der Waals surface area contributed by atoms with Gasteiger partial charge in [-0.2, -0.15) is 0 Å². The maximum absolute atomic E-state index is 5.34. The molecule has 0 rings (SSSR count). The number of hydrogen-bond acceptors (Lipinski definition) is 2. The second-order valence-corrected chi connectivity index (χ2v) is 4.92. The summed E-state index contributed by atoms with van der Waals surface area (Å²) in [7, 11) is 3.87. The molecule has 98 valence electrons. The highest BCUT2D eigenvalue weighted by Gasteiger charge is 2.16. The third-order valence-electron chi connectivity index (χ3n) is 3.59. The Kier molecular flexibility index (Phi) is 10.0. The zero-order valence-corrected chi connectivity index (χ0v) is 11.9. The molecule has 2 heteroatoms. The highest BCUT2D eigenvalue weighted by atomic mass is 16.5. The van der Waals surface area contributed by atoms with Crippen molar-refractivity contribution in [2.75, 3.05) is 14.2 Å². The first kappa shape index (κ1) is 15.9. The number of ether oxygens (including phenoxy) is 1. The SMILES string of the molecule is CCCCC(CC)CC(CC(C)OC)NC. The molecule has 0 aliphatic carbocycles. The maximum Gasteiger partial charge on any atom is 0.0558 e. The molecule has 0 radical (unpaired) electrons. The molecule has 0 amide bonds. The Morgan fingerprint density at radius 3 is 2.31 bits per heavy atom. The minimum absolute atomic E-state index is 0.362. The first-order valence-corrected chi connectivity index (χ1v) is 6.87. The summed E-state index contributed by atoms with van der Waals surface area (Å²) >= 11 is 0. The second kappa shape index (κ2) is 10.1. The van der Waals surface area contributed by atoms with E-state index in [0.29, 0.717) is 12.1 Å². The van der Waals surface area contributed by atoms with E-state index in [0.717, 1.165) is 12.3 Å². The third kappa shape index (κ3) is 7.24. The fourth-order valence-corrected chi connectivity index (χ4v) is 2.21. The lowest BCUT2D eigenvalue weighted by atomic mass is 9.90. The van der Waals surface area contributed by atoms with Gasteiger partial charge in [0.25, 0.3) is 0 Å². The van der Waals surface area contributed by atoms with E-state index >= 15 is 0 Å². The lowest BCUT2D eigenvalue weighted by Crippen LogP contribution is -2.31. The quantitative estimate of drug-likeness (QED) is 0.618. The molecule has 1 N–H and O–H groups in total. The van der Waals surface area contributed by atoms with E-state index in [-0.39, 0.29) is 0 Å². The van der Waals surface area contributed by atoms with Crippen molar-refractivity contribution in [1.29, 1.82) is 0 Å². The summed E-state index contributed by atoms with van der Waals surface area (Å²) in [6, 6.07) is 0.608. The first-order valence-electron chi connectivity index (χ1n) is 6.87. The zero-order valence-electron chi connectivity index (χ0n) is 11.9. The van der Waals surface area contributed by atoms with Crippen molar-refractivity contribution in [3.05, 3.63) is 0 Å². The van der Waals surface area contributed by atoms with Gasteiger partial charge in [-0.05, 0) is 32.7 Å². The van der Waals surface area contributed by atoms with Crippen molar-refractivity contribution >= 4 is 0 Å². The molecular formula is C14H31NO. The first-order chi connectivity index (χ1) is 7.67. The van der Waals surface area contributed by atoms with Gasteiger partial charge in [-0.15, -0.1) is 0 Å². The molecule has 0 saturated carbocycles. The van der Waals surface area contributed by atoms with Crippen molar-refractivity contribution in [2.45, 2.75) is 71.4 Å². The van der Waals surface area contributed by atoms with Crippen molar-refractivity contribution in [1.82, 2.24) is 5.32 Å². The molecule has 0 saturated heterocycles. The summed E-state index contributed by atoms with van der Waals surface area (Å²) < 4.78 is 5.34. The normalized spacial score (nSPS) is 17.1. The average Bonchev–Trinajstić information content (AvgIpc) is 2.32. The predicted molar refractivity (Wildman–Crippen MR) is 71.9 cm³/mol. The average molecular weight is 229 g/mol. The van der Waals surface area contributed by atoms with Crippen molar-refractivity contribution in [3.63, 3.8) is 0 Å². The minimum Gasteiger partial charge on any atom is -0.382 e. The van der Waals surface area contributed by atoms with Crippen LogP contribution in [-0.2, 0) is 4.74 Å². The molecule has 0 heterocycles. The fraction of sp³-hybridized carbons (Fsp3) is 1.00. The highest BCUT2D eigenvalue weighted by Crippen LogP contribution is 2.20. The van der Waals surface area contributed by atoms with Gasteiger partial charge in [0.2, 0.25) is 0 Å². The van der Waals surface area contributed by atoms with Gasteiger partial charge in [0.15, 0.2) is 0 Å². The Labute approximate surface area is 102 Å². The van der Waals surface area contributed by atoms with Crippen LogP contribution in [0.5, 0.6) is 0 Å². The van der Waals surface area contributed by atoms with Crippen LogP contribution in [0, 0.1) is 5.92 Å². The Morgan fingerprint density at radius 1 is 1.19 bits per heavy atom. The predicted octanol–water partition coefficient (Wildman–Crippen LogP) is 3.61. The van der Waals surface area contributed by atoms with E-state index in [1.165, 1.54) is 32.1 Å². The van der Waals surface area contributed by atoms with Crippen LogP contribution in [0.25, 0.3) is 0 Å². The van der Waals surface area contributed by atoms with Gasteiger partial charge >= 0.3 is 0 Å². The second-order valence-electron chi connectivity index (χ2n) is 4.92. The largest absolute Gasteiger partial charge is 0.382 e. The van der Waals surface area contributed by atoms with Gasteiger partial charge in [0.1, 0.15) is 0 Å². The summed E-state index contributed by atoms with van der Waals surface area (Å²) in [5.41, 5.74) is 0. The van der Waals surface area contributed by atoms with Crippen LogP contribution in [0.1, 0.15) is 59.3 Å². The van der Waals surface area contributed by atoms with E-state index in [4.69, 9.17) is 4.74 Å². The molecule has 0 fully saturated rings. The van der Waals surface area contributed by atoms with Gasteiger partial charge in [-0.3, -0.25) is 0 Å². The Bertz CT molecular complexity index is 150. The van der Waals surface area contributed by atoms with Gasteiger partial charge in [-0.1, -0.05) is 39.5 Å². The molecule has 0 bridgehead atoms. The molecule has 3 atom stereocenters. The smallest absolute Gasteiger partial charge is 0.0558 e. The highest BCUT2D eigenvalue weighted by molar-refractivity contribution is 4.72. The van der Waals surface area contributed by atoms with Crippen LogP contribution in [0.4, 0.5) is 0 Å².